The summed E-state index contributed by atoms with van der Waals surface area (Å²) >= 11 is 0. The SMILES string of the molecule is N[C@@H](CCCCNC(=O)CCCNC(=O)CCCNC(=O)CCCNC(=O)CCCNC(=O)CC[C@H](NC(=O)CCCCCCCCCCCCCCCCC(=O)O)C(=O)O)C(=O)O. The highest BCUT2D eigenvalue weighted by atomic mass is 16.4. The molecule has 0 radical (unpaired) electrons. The summed E-state index contributed by atoms with van der Waals surface area (Å²) in [4.78, 5) is 106. The smallest absolute Gasteiger partial charge is 0.326 e. The molecule has 0 aliphatic heterocycles. The van der Waals surface area contributed by atoms with Gasteiger partial charge in [-0.05, 0) is 64.2 Å². The number of unbranched alkanes of at least 4 members (excludes halogenated alkanes) is 14. The Balaban J connectivity index is 3.78. The Kier molecular flexibility index (Phi) is 37.9. The van der Waals surface area contributed by atoms with E-state index in [1.807, 2.05) is 0 Å². The van der Waals surface area contributed by atoms with Crippen LogP contribution in [0.1, 0.15) is 186 Å². The zero-order chi connectivity index (χ0) is 47.6. The summed E-state index contributed by atoms with van der Waals surface area (Å²) in [6.07, 6.45) is 19.4. The number of nitrogens with one attached hydrogen (secondary N) is 6. The molecule has 368 valence electrons. The Morgan fingerprint density at radius 1 is 0.328 bits per heavy atom. The molecule has 6 amide bonds. The monoisotopic (exact) mass is 912 g/mol. The number of carbonyl (C=O) groups is 9. The van der Waals surface area contributed by atoms with Crippen molar-refractivity contribution in [3.63, 3.8) is 0 Å². The van der Waals surface area contributed by atoms with Crippen molar-refractivity contribution in [2.45, 2.75) is 198 Å². The summed E-state index contributed by atoms with van der Waals surface area (Å²) in [5.41, 5.74) is 5.44. The van der Waals surface area contributed by atoms with Gasteiger partial charge in [0.1, 0.15) is 12.1 Å². The van der Waals surface area contributed by atoms with Crippen LogP contribution in [-0.2, 0) is 43.2 Å². The summed E-state index contributed by atoms with van der Waals surface area (Å²) in [7, 11) is 0. The van der Waals surface area contributed by atoms with E-state index in [4.69, 9.17) is 15.9 Å². The summed E-state index contributed by atoms with van der Waals surface area (Å²) < 4.78 is 0. The van der Waals surface area contributed by atoms with Gasteiger partial charge < -0.3 is 53.0 Å². The maximum atomic E-state index is 12.3. The van der Waals surface area contributed by atoms with E-state index in [1.165, 1.54) is 38.5 Å². The lowest BCUT2D eigenvalue weighted by Gasteiger charge is -2.14. The number of hydrogen-bond acceptors (Lipinski definition) is 10. The second kappa shape index (κ2) is 40.9. The van der Waals surface area contributed by atoms with Crippen molar-refractivity contribution < 1.29 is 58.5 Å². The molecule has 19 heteroatoms. The van der Waals surface area contributed by atoms with E-state index in [-0.39, 0.29) is 93.4 Å². The van der Waals surface area contributed by atoms with Gasteiger partial charge in [-0.2, -0.15) is 0 Å². The molecule has 0 aromatic heterocycles. The summed E-state index contributed by atoms with van der Waals surface area (Å²) in [6, 6.07) is -2.06. The van der Waals surface area contributed by atoms with Crippen LogP contribution in [0.2, 0.25) is 0 Å². The third-order valence-corrected chi connectivity index (χ3v) is 10.5. The molecule has 0 spiro atoms. The molecule has 0 aromatic carbocycles. The van der Waals surface area contributed by atoms with Crippen LogP contribution in [0.15, 0.2) is 0 Å². The summed E-state index contributed by atoms with van der Waals surface area (Å²) in [5, 5.41) is 43.1. The molecular weight excluding hydrogens is 831 g/mol. The Hall–Kier alpha value is -4.81. The number of amides is 6. The van der Waals surface area contributed by atoms with Crippen molar-refractivity contribution in [3.8, 4) is 0 Å². The van der Waals surface area contributed by atoms with Crippen LogP contribution in [0.4, 0.5) is 0 Å². The molecule has 2 atom stereocenters. The van der Waals surface area contributed by atoms with Gasteiger partial charge in [0.2, 0.25) is 35.4 Å². The maximum Gasteiger partial charge on any atom is 0.326 e. The maximum absolute atomic E-state index is 12.3. The molecule has 64 heavy (non-hydrogen) atoms. The molecule has 0 aliphatic carbocycles. The fraction of sp³-hybridized carbons (Fsp3) is 0.800. The highest BCUT2D eigenvalue weighted by Crippen LogP contribution is 2.14. The van der Waals surface area contributed by atoms with E-state index < -0.39 is 30.0 Å². The molecular formula is C45H81N7O12. The number of carboxylic acids is 3. The number of nitrogens with two attached hydrogens (primary N) is 1. The molecule has 0 fully saturated rings. The van der Waals surface area contributed by atoms with Gasteiger partial charge in [0.15, 0.2) is 0 Å². The summed E-state index contributed by atoms with van der Waals surface area (Å²) in [5.74, 6) is -4.44. The molecule has 0 heterocycles. The lowest BCUT2D eigenvalue weighted by molar-refractivity contribution is -0.142. The quantitative estimate of drug-likeness (QED) is 0.0388. The van der Waals surface area contributed by atoms with Crippen molar-refractivity contribution >= 4 is 53.4 Å². The number of rotatable bonds is 44. The highest BCUT2D eigenvalue weighted by Gasteiger charge is 2.21. The first-order chi connectivity index (χ1) is 30.7. The van der Waals surface area contributed by atoms with Gasteiger partial charge in [-0.3, -0.25) is 38.4 Å². The first-order valence-corrected chi connectivity index (χ1v) is 23.8. The van der Waals surface area contributed by atoms with Crippen molar-refractivity contribution in [3.05, 3.63) is 0 Å². The van der Waals surface area contributed by atoms with Gasteiger partial charge in [-0.15, -0.1) is 0 Å². The third-order valence-electron chi connectivity index (χ3n) is 10.5. The first kappa shape index (κ1) is 59.2. The van der Waals surface area contributed by atoms with Gasteiger partial charge in [-0.1, -0.05) is 77.0 Å². The van der Waals surface area contributed by atoms with Crippen LogP contribution in [0.25, 0.3) is 0 Å². The van der Waals surface area contributed by atoms with Crippen LogP contribution < -0.4 is 37.6 Å². The van der Waals surface area contributed by atoms with Crippen molar-refractivity contribution in [2.75, 3.05) is 32.7 Å². The van der Waals surface area contributed by atoms with Gasteiger partial charge >= 0.3 is 17.9 Å². The van der Waals surface area contributed by atoms with E-state index >= 15 is 0 Å². The second-order valence-corrected chi connectivity index (χ2v) is 16.4. The molecule has 0 unspecified atom stereocenters. The van der Waals surface area contributed by atoms with E-state index in [2.05, 4.69) is 31.9 Å². The standard InChI is InChI=1S/C45H81N7O12/c46-35(44(61)62)21-15-16-30-47-37(53)23-17-31-48-38(54)24-18-32-49-39(55)25-19-33-50-40(56)26-20-34-51-41(57)29-28-36(45(63)64)52-42(58)22-13-11-9-7-5-3-1-2-4-6-8-10-12-14-27-43(59)60/h35-36H,1-34,46H2,(H,47,53)(H,48,54)(H,49,55)(H,50,56)(H,51,57)(H,52,58)(H,59,60)(H,61,62)(H,63,64)/t35-,36-/m0/s1. The molecule has 0 bridgehead atoms. The van der Waals surface area contributed by atoms with Crippen LogP contribution in [0.3, 0.4) is 0 Å². The fourth-order valence-corrected chi connectivity index (χ4v) is 6.67. The minimum atomic E-state index is -1.20. The lowest BCUT2D eigenvalue weighted by atomic mass is 10.0. The molecule has 19 nitrogen and oxygen atoms in total. The van der Waals surface area contributed by atoms with Crippen LogP contribution in [-0.4, -0.2) is 113 Å². The number of hydrogen-bond donors (Lipinski definition) is 10. The minimum Gasteiger partial charge on any atom is -0.481 e. The number of carbonyl (C=O) groups excluding carboxylic acids is 6. The normalized spacial score (nSPS) is 11.8. The molecule has 0 aliphatic rings. The average molecular weight is 912 g/mol. The largest absolute Gasteiger partial charge is 0.481 e. The second-order valence-electron chi connectivity index (χ2n) is 16.4. The summed E-state index contributed by atoms with van der Waals surface area (Å²) in [6.45, 7) is 1.62. The van der Waals surface area contributed by atoms with E-state index in [0.29, 0.717) is 77.5 Å². The van der Waals surface area contributed by atoms with Crippen molar-refractivity contribution in [1.29, 1.82) is 0 Å². The van der Waals surface area contributed by atoms with Crippen molar-refractivity contribution in [2.24, 2.45) is 5.73 Å². The van der Waals surface area contributed by atoms with Crippen LogP contribution >= 0.6 is 0 Å². The van der Waals surface area contributed by atoms with Gasteiger partial charge in [0.05, 0.1) is 0 Å². The molecule has 0 rings (SSSR count). The Morgan fingerprint density at radius 3 is 0.984 bits per heavy atom. The van der Waals surface area contributed by atoms with E-state index in [1.54, 1.807) is 0 Å². The molecule has 0 saturated carbocycles. The van der Waals surface area contributed by atoms with Gasteiger partial charge in [-0.25, -0.2) is 4.79 Å². The average Bonchev–Trinajstić information content (AvgIpc) is 3.24. The van der Waals surface area contributed by atoms with E-state index in [0.717, 1.165) is 44.9 Å². The van der Waals surface area contributed by atoms with Gasteiger partial charge in [0.25, 0.3) is 0 Å². The first-order valence-electron chi connectivity index (χ1n) is 23.8. The predicted molar refractivity (Wildman–Crippen MR) is 242 cm³/mol. The molecule has 11 N–H and O–H groups in total. The highest BCUT2D eigenvalue weighted by molar-refractivity contribution is 5.84. The molecule has 0 saturated heterocycles. The van der Waals surface area contributed by atoms with Crippen molar-refractivity contribution in [1.82, 2.24) is 31.9 Å². The van der Waals surface area contributed by atoms with E-state index in [9.17, 15) is 48.3 Å². The number of carboxylic acid groups (broad SMARTS) is 3. The zero-order valence-electron chi connectivity index (χ0n) is 38.3. The van der Waals surface area contributed by atoms with Crippen LogP contribution in [0.5, 0.6) is 0 Å². The Labute approximate surface area is 379 Å². The zero-order valence-corrected chi connectivity index (χ0v) is 38.3. The Morgan fingerprint density at radius 2 is 0.641 bits per heavy atom. The van der Waals surface area contributed by atoms with Gasteiger partial charge in [0, 0.05) is 77.7 Å². The lowest BCUT2D eigenvalue weighted by Crippen LogP contribution is -2.41. The minimum absolute atomic E-state index is 0.0495. The fourth-order valence-electron chi connectivity index (χ4n) is 6.67. The number of aliphatic carboxylic acids is 3. The third kappa shape index (κ3) is 40.0. The predicted octanol–water partition coefficient (Wildman–Crippen LogP) is 3.95. The topological polar surface area (TPSA) is 313 Å². The Bertz CT molecular complexity index is 1370. The van der Waals surface area contributed by atoms with Crippen LogP contribution in [0, 0.1) is 0 Å². The molecule has 0 aromatic rings.